The van der Waals surface area contributed by atoms with E-state index in [-0.39, 0.29) is 11.3 Å². The van der Waals surface area contributed by atoms with Gasteiger partial charge in [-0.2, -0.15) is 0 Å². The standard InChI is InChI=1S/C20H24N2O/c1-14-5-6-15(13-18(14)21)7-12-19(23)22-17-10-8-16(9-11-17)20(2,3)4/h5-13H,21H2,1-4H3,(H,22,23)/b12-7+. The zero-order valence-electron chi connectivity index (χ0n) is 14.2. The third-order valence-electron chi connectivity index (χ3n) is 3.75. The van der Waals surface area contributed by atoms with Crippen molar-refractivity contribution < 1.29 is 4.79 Å². The van der Waals surface area contributed by atoms with E-state index >= 15 is 0 Å². The van der Waals surface area contributed by atoms with Gasteiger partial charge in [-0.05, 0) is 53.3 Å². The van der Waals surface area contributed by atoms with E-state index in [2.05, 4.69) is 26.1 Å². The van der Waals surface area contributed by atoms with Gasteiger partial charge in [0.15, 0.2) is 0 Å². The number of nitrogen functional groups attached to an aromatic ring is 1. The van der Waals surface area contributed by atoms with Crippen LogP contribution in [0.5, 0.6) is 0 Å². The number of carbonyl (C=O) groups is 1. The molecule has 0 radical (unpaired) electrons. The summed E-state index contributed by atoms with van der Waals surface area (Å²) in [5, 5.41) is 2.86. The average Bonchev–Trinajstić information content (AvgIpc) is 2.48. The average molecular weight is 308 g/mol. The molecule has 1 amide bonds. The van der Waals surface area contributed by atoms with Crippen LogP contribution in [0.1, 0.15) is 37.5 Å². The number of amides is 1. The van der Waals surface area contributed by atoms with E-state index in [1.807, 2.05) is 49.4 Å². The molecule has 0 fully saturated rings. The summed E-state index contributed by atoms with van der Waals surface area (Å²) < 4.78 is 0. The molecule has 2 aromatic rings. The fourth-order valence-electron chi connectivity index (χ4n) is 2.17. The van der Waals surface area contributed by atoms with Crippen molar-refractivity contribution in [1.82, 2.24) is 0 Å². The second kappa shape index (κ2) is 6.69. The SMILES string of the molecule is Cc1ccc(/C=C/C(=O)Nc2ccc(C(C)(C)C)cc2)cc1N. The lowest BCUT2D eigenvalue weighted by Gasteiger charge is -2.19. The highest BCUT2D eigenvalue weighted by molar-refractivity contribution is 6.02. The Morgan fingerprint density at radius 2 is 1.74 bits per heavy atom. The Labute approximate surface area is 138 Å². The highest BCUT2D eigenvalue weighted by Gasteiger charge is 2.12. The van der Waals surface area contributed by atoms with Crippen molar-refractivity contribution in [3.05, 3.63) is 65.2 Å². The molecule has 0 bridgehead atoms. The van der Waals surface area contributed by atoms with Crippen molar-refractivity contribution in [2.24, 2.45) is 0 Å². The maximum atomic E-state index is 12.0. The van der Waals surface area contributed by atoms with E-state index < -0.39 is 0 Å². The Balaban J connectivity index is 2.01. The highest BCUT2D eigenvalue weighted by atomic mass is 16.1. The van der Waals surface area contributed by atoms with Crippen LogP contribution in [-0.4, -0.2) is 5.91 Å². The molecule has 120 valence electrons. The fourth-order valence-corrected chi connectivity index (χ4v) is 2.17. The minimum absolute atomic E-state index is 0.105. The molecule has 0 saturated carbocycles. The third-order valence-corrected chi connectivity index (χ3v) is 3.75. The summed E-state index contributed by atoms with van der Waals surface area (Å²) in [6.45, 7) is 8.45. The van der Waals surface area contributed by atoms with Crippen molar-refractivity contribution in [1.29, 1.82) is 0 Å². The van der Waals surface area contributed by atoms with Gasteiger partial charge in [-0.15, -0.1) is 0 Å². The van der Waals surface area contributed by atoms with E-state index in [1.54, 1.807) is 6.08 Å². The molecule has 3 nitrogen and oxygen atoms in total. The van der Waals surface area contributed by atoms with Crippen LogP contribution in [0, 0.1) is 6.92 Å². The molecule has 3 heteroatoms. The lowest BCUT2D eigenvalue weighted by Crippen LogP contribution is -2.12. The molecule has 23 heavy (non-hydrogen) atoms. The van der Waals surface area contributed by atoms with Gasteiger partial charge < -0.3 is 11.1 Å². The lowest BCUT2D eigenvalue weighted by atomic mass is 9.87. The van der Waals surface area contributed by atoms with Crippen LogP contribution in [0.3, 0.4) is 0 Å². The fraction of sp³-hybridized carbons (Fsp3) is 0.250. The van der Waals surface area contributed by atoms with E-state index in [0.29, 0.717) is 0 Å². The van der Waals surface area contributed by atoms with Gasteiger partial charge in [-0.3, -0.25) is 4.79 Å². The molecule has 0 saturated heterocycles. The number of hydrogen-bond acceptors (Lipinski definition) is 2. The Hall–Kier alpha value is -2.55. The van der Waals surface area contributed by atoms with Crippen LogP contribution in [0.4, 0.5) is 11.4 Å². The summed E-state index contributed by atoms with van der Waals surface area (Å²) >= 11 is 0. The number of benzene rings is 2. The molecule has 2 aromatic carbocycles. The maximum Gasteiger partial charge on any atom is 0.248 e. The normalized spacial score (nSPS) is 11.7. The summed E-state index contributed by atoms with van der Waals surface area (Å²) in [7, 11) is 0. The van der Waals surface area contributed by atoms with Crippen LogP contribution in [0.15, 0.2) is 48.5 Å². The van der Waals surface area contributed by atoms with Crippen LogP contribution in [0.2, 0.25) is 0 Å². The first-order chi connectivity index (χ1) is 10.8. The van der Waals surface area contributed by atoms with Crippen LogP contribution in [0.25, 0.3) is 6.08 Å². The van der Waals surface area contributed by atoms with Crippen molar-refractivity contribution in [3.8, 4) is 0 Å². The molecule has 0 atom stereocenters. The van der Waals surface area contributed by atoms with E-state index in [9.17, 15) is 4.79 Å². The van der Waals surface area contributed by atoms with Crippen molar-refractivity contribution >= 4 is 23.4 Å². The molecule has 0 aliphatic carbocycles. The maximum absolute atomic E-state index is 12.0. The number of carbonyl (C=O) groups excluding carboxylic acids is 1. The number of anilines is 2. The van der Waals surface area contributed by atoms with Gasteiger partial charge in [0.25, 0.3) is 0 Å². The monoisotopic (exact) mass is 308 g/mol. The molecule has 3 N–H and O–H groups in total. The van der Waals surface area contributed by atoms with Crippen molar-refractivity contribution in [2.45, 2.75) is 33.1 Å². The molecule has 0 heterocycles. The molecule has 0 aliphatic heterocycles. The Bertz CT molecular complexity index is 722. The van der Waals surface area contributed by atoms with Gasteiger partial charge in [0.2, 0.25) is 5.91 Å². The summed E-state index contributed by atoms with van der Waals surface area (Å²) in [4.78, 5) is 12.0. The minimum atomic E-state index is -0.160. The van der Waals surface area contributed by atoms with Gasteiger partial charge in [0.05, 0.1) is 0 Å². The largest absolute Gasteiger partial charge is 0.398 e. The second-order valence-electron chi connectivity index (χ2n) is 6.77. The van der Waals surface area contributed by atoms with Crippen molar-refractivity contribution in [2.75, 3.05) is 11.1 Å². The van der Waals surface area contributed by atoms with E-state index in [0.717, 1.165) is 22.5 Å². The number of nitrogens with two attached hydrogens (primary N) is 1. The summed E-state index contributed by atoms with van der Waals surface area (Å²) in [5.41, 5.74) is 10.7. The van der Waals surface area contributed by atoms with Crippen LogP contribution >= 0.6 is 0 Å². The second-order valence-corrected chi connectivity index (χ2v) is 6.77. The Morgan fingerprint density at radius 3 is 2.30 bits per heavy atom. The number of aryl methyl sites for hydroxylation is 1. The van der Waals surface area contributed by atoms with Crippen LogP contribution < -0.4 is 11.1 Å². The molecule has 0 spiro atoms. The van der Waals surface area contributed by atoms with Crippen LogP contribution in [-0.2, 0) is 10.2 Å². The van der Waals surface area contributed by atoms with Gasteiger partial charge in [-0.25, -0.2) is 0 Å². The molecular formula is C20H24N2O. The lowest BCUT2D eigenvalue weighted by molar-refractivity contribution is -0.111. The smallest absolute Gasteiger partial charge is 0.248 e. The molecule has 0 aromatic heterocycles. The number of nitrogens with one attached hydrogen (secondary N) is 1. The van der Waals surface area contributed by atoms with Gasteiger partial charge >= 0.3 is 0 Å². The zero-order chi connectivity index (χ0) is 17.0. The Kier molecular flexibility index (Phi) is 4.89. The number of rotatable bonds is 3. The quantitative estimate of drug-likeness (QED) is 0.646. The van der Waals surface area contributed by atoms with E-state index in [4.69, 9.17) is 5.73 Å². The third kappa shape index (κ3) is 4.71. The first-order valence-electron chi connectivity index (χ1n) is 7.71. The topological polar surface area (TPSA) is 55.1 Å². The summed E-state index contributed by atoms with van der Waals surface area (Å²) in [5.74, 6) is -0.160. The molecule has 0 aliphatic rings. The highest BCUT2D eigenvalue weighted by Crippen LogP contribution is 2.23. The predicted octanol–water partition coefficient (Wildman–Crippen LogP) is 4.53. The summed E-state index contributed by atoms with van der Waals surface area (Å²) in [6, 6.07) is 13.7. The predicted molar refractivity (Wildman–Crippen MR) is 98.4 cm³/mol. The molecule has 2 rings (SSSR count). The molecular weight excluding hydrogens is 284 g/mol. The van der Waals surface area contributed by atoms with Gasteiger partial charge in [0, 0.05) is 17.5 Å². The molecule has 0 unspecified atom stereocenters. The number of hydrogen-bond donors (Lipinski definition) is 2. The summed E-state index contributed by atoms with van der Waals surface area (Å²) in [6.07, 6.45) is 3.27. The first-order valence-corrected chi connectivity index (χ1v) is 7.71. The zero-order valence-corrected chi connectivity index (χ0v) is 14.2. The minimum Gasteiger partial charge on any atom is -0.398 e. The Morgan fingerprint density at radius 1 is 1.09 bits per heavy atom. The first kappa shape index (κ1) is 16.8. The van der Waals surface area contributed by atoms with Gasteiger partial charge in [0.1, 0.15) is 0 Å². The van der Waals surface area contributed by atoms with E-state index in [1.165, 1.54) is 11.6 Å². The van der Waals surface area contributed by atoms with Crippen molar-refractivity contribution in [3.63, 3.8) is 0 Å². The van der Waals surface area contributed by atoms with Gasteiger partial charge in [-0.1, -0.05) is 45.0 Å².